The van der Waals surface area contributed by atoms with Crippen LogP contribution in [0.3, 0.4) is 0 Å². The molecule has 6 rings (SSSR count). The molecule has 3 saturated carbocycles. The largest absolute Gasteiger partial charge is 0.395 e. The van der Waals surface area contributed by atoms with Crippen molar-refractivity contribution in [2.75, 3.05) is 18.0 Å². The van der Waals surface area contributed by atoms with E-state index in [2.05, 4.69) is 21.6 Å². The van der Waals surface area contributed by atoms with E-state index >= 15 is 0 Å². The number of nitrogens with zero attached hydrogens (tertiary/aromatic N) is 2. The van der Waals surface area contributed by atoms with Gasteiger partial charge in [0.1, 0.15) is 6.04 Å². The number of alkyl halides is 3. The van der Waals surface area contributed by atoms with Crippen molar-refractivity contribution in [2.24, 2.45) is 11.3 Å². The van der Waals surface area contributed by atoms with Crippen molar-refractivity contribution < 1.29 is 27.6 Å². The van der Waals surface area contributed by atoms with Crippen molar-refractivity contribution in [1.82, 2.24) is 15.5 Å². The molecule has 4 fully saturated rings. The van der Waals surface area contributed by atoms with Crippen LogP contribution in [0.5, 0.6) is 0 Å². The number of benzene rings is 1. The maximum atomic E-state index is 13.6. The maximum Gasteiger partial charge on any atom is 0.395 e. The highest BCUT2D eigenvalue weighted by Crippen LogP contribution is 2.52. The van der Waals surface area contributed by atoms with Crippen molar-refractivity contribution in [2.45, 2.75) is 108 Å². The van der Waals surface area contributed by atoms with Gasteiger partial charge in [-0.2, -0.15) is 13.2 Å². The van der Waals surface area contributed by atoms with Crippen molar-refractivity contribution in [3.8, 4) is 0 Å². The van der Waals surface area contributed by atoms with Gasteiger partial charge in [-0.3, -0.25) is 19.7 Å². The van der Waals surface area contributed by atoms with E-state index in [9.17, 15) is 27.6 Å². The number of fused-ring (bicyclic) bond motifs is 1. The molecule has 40 heavy (non-hydrogen) atoms. The Morgan fingerprint density at radius 2 is 1.77 bits per heavy atom. The van der Waals surface area contributed by atoms with Gasteiger partial charge in [-0.1, -0.05) is 25.3 Å². The third kappa shape index (κ3) is 5.23. The van der Waals surface area contributed by atoms with Gasteiger partial charge in [0.05, 0.1) is 5.41 Å². The average molecular weight is 561 g/mol. The second-order valence-electron chi connectivity index (χ2n) is 12.6. The molecular weight excluding hydrogens is 521 g/mol. The third-order valence-electron chi connectivity index (χ3n) is 10.1. The third-order valence-corrected chi connectivity index (χ3v) is 10.1. The van der Waals surface area contributed by atoms with Crippen molar-refractivity contribution >= 4 is 23.4 Å². The van der Waals surface area contributed by atoms with E-state index < -0.39 is 23.5 Å². The van der Waals surface area contributed by atoms with Crippen molar-refractivity contribution in [3.05, 3.63) is 29.3 Å². The topological polar surface area (TPSA) is 81.8 Å². The lowest BCUT2D eigenvalue weighted by molar-refractivity contribution is -0.249. The number of amides is 3. The van der Waals surface area contributed by atoms with E-state index in [1.165, 1.54) is 12.8 Å². The summed E-state index contributed by atoms with van der Waals surface area (Å²) < 4.78 is 40.9. The molecule has 218 valence electrons. The van der Waals surface area contributed by atoms with E-state index in [0.717, 1.165) is 55.8 Å². The molecule has 1 unspecified atom stereocenters. The number of halogens is 3. The Morgan fingerprint density at radius 3 is 2.40 bits per heavy atom. The first-order valence-corrected chi connectivity index (χ1v) is 15.0. The highest BCUT2D eigenvalue weighted by atomic mass is 19.4. The first-order valence-electron chi connectivity index (χ1n) is 15.0. The molecule has 0 radical (unpaired) electrons. The number of imide groups is 1. The van der Waals surface area contributed by atoms with Gasteiger partial charge in [0.2, 0.25) is 11.8 Å². The Labute approximate surface area is 233 Å². The van der Waals surface area contributed by atoms with Crippen LogP contribution in [0.15, 0.2) is 18.2 Å². The van der Waals surface area contributed by atoms with Crippen LogP contribution in [0, 0.1) is 11.3 Å². The summed E-state index contributed by atoms with van der Waals surface area (Å²) in [6, 6.07) is 5.50. The molecule has 2 N–H and O–H groups in total. The standard InChI is InChI=1S/C30H39F3N4O3/c31-30(32,33)29(14-2-15-29)18-34-20-7-9-21(10-8-20)36(16-13-19-5-6-19)24-4-1-3-22-23(24)17-37(28(22)40)25-11-12-26(38)35-27(25)39/h1,3-4,19-21,25,34H,2,5-18H2,(H,35,38,39). The molecule has 7 nitrogen and oxygen atoms in total. The van der Waals surface area contributed by atoms with Gasteiger partial charge in [-0.15, -0.1) is 0 Å². The van der Waals surface area contributed by atoms with Gasteiger partial charge < -0.3 is 15.1 Å². The van der Waals surface area contributed by atoms with Crippen LogP contribution in [-0.4, -0.2) is 60.0 Å². The normalized spacial score (nSPS) is 28.2. The molecule has 3 amide bonds. The van der Waals surface area contributed by atoms with Gasteiger partial charge >= 0.3 is 6.18 Å². The monoisotopic (exact) mass is 560 g/mol. The van der Waals surface area contributed by atoms with E-state index in [-0.39, 0.29) is 49.7 Å². The Morgan fingerprint density at radius 1 is 1.02 bits per heavy atom. The first kappa shape index (κ1) is 27.5. The molecule has 1 aromatic carbocycles. The molecule has 2 heterocycles. The number of carbonyl (C=O) groups excluding carboxylic acids is 3. The second-order valence-corrected chi connectivity index (χ2v) is 12.6. The molecule has 0 bridgehead atoms. The zero-order chi connectivity index (χ0) is 28.1. The molecule has 1 aromatic rings. The molecule has 2 aliphatic heterocycles. The van der Waals surface area contributed by atoms with Crippen LogP contribution in [0.2, 0.25) is 0 Å². The Balaban J connectivity index is 1.15. The quantitative estimate of drug-likeness (QED) is 0.429. The molecular formula is C30H39F3N4O3. The van der Waals surface area contributed by atoms with E-state index in [4.69, 9.17) is 0 Å². The fraction of sp³-hybridized carbons (Fsp3) is 0.700. The van der Waals surface area contributed by atoms with E-state index in [1.807, 2.05) is 12.1 Å². The molecule has 1 atom stereocenters. The van der Waals surface area contributed by atoms with Gasteiger partial charge in [-0.05, 0) is 69.4 Å². The Bertz CT molecular complexity index is 1160. The van der Waals surface area contributed by atoms with Crippen molar-refractivity contribution in [1.29, 1.82) is 0 Å². The molecule has 3 aliphatic carbocycles. The zero-order valence-electron chi connectivity index (χ0n) is 22.9. The highest BCUT2D eigenvalue weighted by molar-refractivity contribution is 6.06. The number of hydrogen-bond acceptors (Lipinski definition) is 5. The van der Waals surface area contributed by atoms with Gasteiger partial charge in [0.25, 0.3) is 5.91 Å². The minimum Gasteiger partial charge on any atom is -0.368 e. The summed E-state index contributed by atoms with van der Waals surface area (Å²) >= 11 is 0. The predicted octanol–water partition coefficient (Wildman–Crippen LogP) is 4.69. The van der Waals surface area contributed by atoms with Gasteiger partial charge in [-0.25, -0.2) is 0 Å². The number of nitrogens with one attached hydrogen (secondary N) is 2. The SMILES string of the molecule is O=C1CCC(N2Cc3c(cccc3N(CCC3CC3)C3CCC(NCC4(C(F)(F)F)CCC4)CC3)C2=O)C(=O)N1. The minimum atomic E-state index is -4.15. The lowest BCUT2D eigenvalue weighted by Gasteiger charge is -2.45. The Hall–Kier alpha value is -2.62. The average Bonchev–Trinajstić information content (AvgIpc) is 3.66. The van der Waals surface area contributed by atoms with Gasteiger partial charge in [0.15, 0.2) is 0 Å². The second kappa shape index (κ2) is 10.7. The number of hydrogen-bond donors (Lipinski definition) is 2. The first-order chi connectivity index (χ1) is 19.1. The number of carbonyl (C=O) groups is 3. The number of anilines is 1. The maximum absolute atomic E-state index is 13.6. The van der Waals surface area contributed by atoms with Gasteiger partial charge in [0, 0.05) is 55.0 Å². The minimum absolute atomic E-state index is 0.0156. The zero-order valence-corrected chi connectivity index (χ0v) is 22.9. The van der Waals surface area contributed by atoms with E-state index in [1.54, 1.807) is 4.90 Å². The smallest absolute Gasteiger partial charge is 0.368 e. The van der Waals surface area contributed by atoms with Crippen LogP contribution < -0.4 is 15.5 Å². The number of piperidine rings is 1. The highest BCUT2D eigenvalue weighted by Gasteiger charge is 2.58. The molecule has 1 saturated heterocycles. The fourth-order valence-corrected chi connectivity index (χ4v) is 7.16. The van der Waals surface area contributed by atoms with Crippen LogP contribution in [0.1, 0.15) is 93.0 Å². The summed E-state index contributed by atoms with van der Waals surface area (Å²) in [6.45, 7) is 1.24. The van der Waals surface area contributed by atoms with Crippen LogP contribution in [0.25, 0.3) is 0 Å². The summed E-state index contributed by atoms with van der Waals surface area (Å²) in [6.07, 6.45) is 4.51. The lowest BCUT2D eigenvalue weighted by Crippen LogP contribution is -2.53. The Kier molecular flexibility index (Phi) is 7.34. The van der Waals surface area contributed by atoms with E-state index in [0.29, 0.717) is 24.9 Å². The molecule has 10 heteroatoms. The number of rotatable bonds is 9. The fourth-order valence-electron chi connectivity index (χ4n) is 7.16. The predicted molar refractivity (Wildman–Crippen MR) is 144 cm³/mol. The molecule has 5 aliphatic rings. The lowest BCUT2D eigenvalue weighted by atomic mass is 9.68. The summed E-state index contributed by atoms with van der Waals surface area (Å²) in [7, 11) is 0. The van der Waals surface area contributed by atoms with Crippen LogP contribution >= 0.6 is 0 Å². The summed E-state index contributed by atoms with van der Waals surface area (Å²) in [5.41, 5.74) is 1.03. The van der Waals surface area contributed by atoms with Crippen molar-refractivity contribution in [3.63, 3.8) is 0 Å². The summed E-state index contributed by atoms with van der Waals surface area (Å²) in [4.78, 5) is 41.7. The van der Waals surface area contributed by atoms with Crippen LogP contribution in [-0.2, 0) is 16.1 Å². The van der Waals surface area contributed by atoms with Crippen LogP contribution in [0.4, 0.5) is 18.9 Å². The molecule has 0 aromatic heterocycles. The summed E-state index contributed by atoms with van der Waals surface area (Å²) in [5.74, 6) is -0.149. The molecule has 0 spiro atoms. The summed E-state index contributed by atoms with van der Waals surface area (Å²) in [5, 5.41) is 5.65.